The minimum absolute atomic E-state index is 0.127. The average Bonchev–Trinajstić information content (AvgIpc) is 2.83. The molecule has 0 bridgehead atoms. The molecule has 3 aromatic rings. The molecule has 164 valence electrons. The van der Waals surface area contributed by atoms with Crippen LogP contribution in [0, 0.1) is 0 Å². The summed E-state index contributed by atoms with van der Waals surface area (Å²) in [6.45, 7) is 3.16. The molecule has 0 saturated heterocycles. The summed E-state index contributed by atoms with van der Waals surface area (Å²) >= 11 is 0. The Balaban J connectivity index is 1.68. The predicted octanol–water partition coefficient (Wildman–Crippen LogP) is 5.39. The minimum Gasteiger partial charge on any atom is -0.497 e. The molecule has 1 atom stereocenters. The summed E-state index contributed by atoms with van der Waals surface area (Å²) in [5, 5.41) is 3.82. The quantitative estimate of drug-likeness (QED) is 0.452. The molecular weight excluding hydrogens is 386 g/mol. The van der Waals surface area contributed by atoms with Crippen molar-refractivity contribution in [3.63, 3.8) is 0 Å². The van der Waals surface area contributed by atoms with E-state index in [0.29, 0.717) is 0 Å². The number of benzene rings is 3. The SMILES string of the molecule is COc1ccc(CCC(C)(NCCc2ccc(OC)c(OC)c2)c2ccccc2)cc1. The van der Waals surface area contributed by atoms with E-state index < -0.39 is 0 Å². The third-order valence-corrected chi connectivity index (χ3v) is 5.86. The zero-order valence-electron chi connectivity index (χ0n) is 19.0. The number of hydrogen-bond acceptors (Lipinski definition) is 4. The first-order chi connectivity index (χ1) is 15.1. The van der Waals surface area contributed by atoms with Gasteiger partial charge in [-0.25, -0.2) is 0 Å². The smallest absolute Gasteiger partial charge is 0.160 e. The van der Waals surface area contributed by atoms with Gasteiger partial charge in [0.15, 0.2) is 11.5 Å². The van der Waals surface area contributed by atoms with E-state index in [-0.39, 0.29) is 5.54 Å². The van der Waals surface area contributed by atoms with Crippen molar-refractivity contribution in [2.75, 3.05) is 27.9 Å². The van der Waals surface area contributed by atoms with E-state index >= 15 is 0 Å². The highest BCUT2D eigenvalue weighted by atomic mass is 16.5. The van der Waals surface area contributed by atoms with E-state index in [9.17, 15) is 0 Å². The van der Waals surface area contributed by atoms with Gasteiger partial charge >= 0.3 is 0 Å². The van der Waals surface area contributed by atoms with Crippen LogP contribution in [0.4, 0.5) is 0 Å². The largest absolute Gasteiger partial charge is 0.497 e. The molecule has 0 saturated carbocycles. The van der Waals surface area contributed by atoms with Crippen molar-refractivity contribution in [1.82, 2.24) is 5.32 Å². The lowest BCUT2D eigenvalue weighted by atomic mass is 9.85. The molecule has 0 aliphatic heterocycles. The zero-order chi connectivity index (χ0) is 22.1. The molecule has 1 unspecified atom stereocenters. The van der Waals surface area contributed by atoms with E-state index in [1.807, 2.05) is 18.2 Å². The van der Waals surface area contributed by atoms with Crippen LogP contribution in [0.5, 0.6) is 17.2 Å². The Hall–Kier alpha value is -2.98. The van der Waals surface area contributed by atoms with Gasteiger partial charge in [-0.3, -0.25) is 0 Å². The van der Waals surface area contributed by atoms with Crippen LogP contribution in [0.1, 0.15) is 30.0 Å². The molecule has 4 heteroatoms. The van der Waals surface area contributed by atoms with Crippen LogP contribution in [0.25, 0.3) is 0 Å². The number of hydrogen-bond donors (Lipinski definition) is 1. The fraction of sp³-hybridized carbons (Fsp3) is 0.333. The van der Waals surface area contributed by atoms with Gasteiger partial charge in [-0.2, -0.15) is 0 Å². The van der Waals surface area contributed by atoms with E-state index in [1.54, 1.807) is 21.3 Å². The van der Waals surface area contributed by atoms with Gasteiger partial charge in [0.2, 0.25) is 0 Å². The standard InChI is InChI=1S/C27H33NO3/c1-27(23-8-6-5-7-9-23,18-16-21-10-13-24(29-2)14-11-21)28-19-17-22-12-15-25(30-3)26(20-22)31-4/h5-15,20,28H,16-19H2,1-4H3. The van der Waals surface area contributed by atoms with E-state index in [0.717, 1.165) is 43.1 Å². The van der Waals surface area contributed by atoms with Crippen LogP contribution < -0.4 is 19.5 Å². The van der Waals surface area contributed by atoms with Gasteiger partial charge in [0.05, 0.1) is 21.3 Å². The Morgan fingerprint density at radius 1 is 0.710 bits per heavy atom. The fourth-order valence-electron chi connectivity index (χ4n) is 3.85. The molecule has 0 heterocycles. The Morgan fingerprint density at radius 2 is 1.39 bits per heavy atom. The summed E-state index contributed by atoms with van der Waals surface area (Å²) in [4.78, 5) is 0. The maximum atomic E-state index is 5.44. The van der Waals surface area contributed by atoms with Crippen molar-refractivity contribution < 1.29 is 14.2 Å². The Labute approximate surface area is 186 Å². The topological polar surface area (TPSA) is 39.7 Å². The van der Waals surface area contributed by atoms with Gasteiger partial charge in [-0.15, -0.1) is 0 Å². The molecule has 0 fully saturated rings. The van der Waals surface area contributed by atoms with E-state index in [4.69, 9.17) is 14.2 Å². The van der Waals surface area contributed by atoms with Crippen molar-refractivity contribution >= 4 is 0 Å². The van der Waals surface area contributed by atoms with Crippen LogP contribution in [0.15, 0.2) is 72.8 Å². The van der Waals surface area contributed by atoms with Gasteiger partial charge in [0.25, 0.3) is 0 Å². The predicted molar refractivity (Wildman–Crippen MR) is 126 cm³/mol. The Bertz CT molecular complexity index is 940. The summed E-state index contributed by atoms with van der Waals surface area (Å²) in [6, 6.07) is 25.2. The molecule has 0 radical (unpaired) electrons. The first kappa shape index (κ1) is 22.7. The second-order valence-electron chi connectivity index (χ2n) is 7.91. The lowest BCUT2D eigenvalue weighted by molar-refractivity contribution is 0.341. The highest BCUT2D eigenvalue weighted by Gasteiger charge is 2.25. The summed E-state index contributed by atoms with van der Waals surface area (Å²) in [5.41, 5.74) is 3.70. The summed E-state index contributed by atoms with van der Waals surface area (Å²) in [6.07, 6.45) is 2.89. The third kappa shape index (κ3) is 6.02. The molecule has 0 aliphatic rings. The lowest BCUT2D eigenvalue weighted by Gasteiger charge is -2.32. The van der Waals surface area contributed by atoms with Gasteiger partial charge in [-0.1, -0.05) is 48.5 Å². The molecule has 0 spiro atoms. The average molecular weight is 420 g/mol. The van der Waals surface area contributed by atoms with Crippen LogP contribution in [-0.2, 0) is 18.4 Å². The van der Waals surface area contributed by atoms with Crippen molar-refractivity contribution in [3.8, 4) is 17.2 Å². The third-order valence-electron chi connectivity index (χ3n) is 5.86. The van der Waals surface area contributed by atoms with Crippen LogP contribution in [0.3, 0.4) is 0 Å². The second kappa shape index (κ2) is 10.9. The maximum absolute atomic E-state index is 5.44. The van der Waals surface area contributed by atoms with Crippen molar-refractivity contribution in [2.24, 2.45) is 0 Å². The first-order valence-electron chi connectivity index (χ1n) is 10.7. The van der Waals surface area contributed by atoms with Crippen molar-refractivity contribution in [2.45, 2.75) is 31.7 Å². The lowest BCUT2D eigenvalue weighted by Crippen LogP contribution is -2.41. The van der Waals surface area contributed by atoms with Gasteiger partial charge < -0.3 is 19.5 Å². The number of methoxy groups -OCH3 is 3. The summed E-state index contributed by atoms with van der Waals surface area (Å²) in [7, 11) is 5.03. The molecule has 4 nitrogen and oxygen atoms in total. The first-order valence-corrected chi connectivity index (χ1v) is 10.7. The molecule has 3 aromatic carbocycles. The maximum Gasteiger partial charge on any atom is 0.160 e. The Morgan fingerprint density at radius 3 is 2.03 bits per heavy atom. The van der Waals surface area contributed by atoms with E-state index in [2.05, 4.69) is 66.8 Å². The van der Waals surface area contributed by atoms with Gasteiger partial charge in [0, 0.05) is 5.54 Å². The second-order valence-corrected chi connectivity index (χ2v) is 7.91. The van der Waals surface area contributed by atoms with Crippen molar-refractivity contribution in [3.05, 3.63) is 89.5 Å². The van der Waals surface area contributed by atoms with Gasteiger partial charge in [0.1, 0.15) is 5.75 Å². The summed E-state index contributed by atoms with van der Waals surface area (Å²) < 4.78 is 16.1. The van der Waals surface area contributed by atoms with Crippen LogP contribution in [0.2, 0.25) is 0 Å². The number of nitrogens with one attached hydrogen (secondary N) is 1. The number of aryl methyl sites for hydroxylation is 1. The zero-order valence-corrected chi connectivity index (χ0v) is 19.0. The Kier molecular flexibility index (Phi) is 7.96. The molecular formula is C27H33NO3. The normalized spacial score (nSPS) is 12.8. The van der Waals surface area contributed by atoms with E-state index in [1.165, 1.54) is 16.7 Å². The molecule has 1 N–H and O–H groups in total. The number of ether oxygens (including phenoxy) is 3. The molecule has 31 heavy (non-hydrogen) atoms. The fourth-order valence-corrected chi connectivity index (χ4v) is 3.85. The van der Waals surface area contributed by atoms with Crippen LogP contribution >= 0.6 is 0 Å². The highest BCUT2D eigenvalue weighted by Crippen LogP contribution is 2.29. The molecule has 0 amide bonds. The van der Waals surface area contributed by atoms with Crippen molar-refractivity contribution in [1.29, 1.82) is 0 Å². The number of rotatable bonds is 11. The highest BCUT2D eigenvalue weighted by molar-refractivity contribution is 5.43. The molecule has 3 rings (SSSR count). The minimum atomic E-state index is -0.127. The summed E-state index contributed by atoms with van der Waals surface area (Å²) in [5.74, 6) is 2.42. The van der Waals surface area contributed by atoms with Crippen LogP contribution in [-0.4, -0.2) is 27.9 Å². The monoisotopic (exact) mass is 419 g/mol. The van der Waals surface area contributed by atoms with Gasteiger partial charge in [-0.05, 0) is 73.7 Å². The molecule has 0 aliphatic carbocycles. The molecule has 0 aromatic heterocycles.